The smallest absolute Gasteiger partial charge is 0.222 e. The minimum atomic E-state index is 0. The molecular formula is C22H35Cl2N3O. The van der Waals surface area contributed by atoms with E-state index in [0.717, 1.165) is 38.1 Å². The van der Waals surface area contributed by atoms with Crippen molar-refractivity contribution in [2.75, 3.05) is 39.3 Å². The van der Waals surface area contributed by atoms with Gasteiger partial charge in [0.2, 0.25) is 5.91 Å². The highest BCUT2D eigenvalue weighted by molar-refractivity contribution is 5.85. The summed E-state index contributed by atoms with van der Waals surface area (Å²) >= 11 is 0. The van der Waals surface area contributed by atoms with Gasteiger partial charge in [0.1, 0.15) is 0 Å². The lowest BCUT2D eigenvalue weighted by atomic mass is 9.82. The standard InChI is InChI=1S/C22H33N3O.2ClH/c26-22-7-6-20-17-24(16-19-8-12-23-13-9-19)14-11-21(20)25(22)15-10-18-4-2-1-3-5-18;;/h1-5,19-21,23H,6-17H2;2*1H/t20-,21+;;/m0../s1. The Morgan fingerprint density at radius 2 is 1.75 bits per heavy atom. The molecule has 3 saturated heterocycles. The van der Waals surface area contributed by atoms with Gasteiger partial charge >= 0.3 is 0 Å². The van der Waals surface area contributed by atoms with Crippen LogP contribution in [-0.4, -0.2) is 61.0 Å². The third-order valence-electron chi connectivity index (χ3n) is 6.69. The van der Waals surface area contributed by atoms with Crippen LogP contribution in [-0.2, 0) is 11.2 Å². The van der Waals surface area contributed by atoms with Crippen LogP contribution in [0.2, 0.25) is 0 Å². The summed E-state index contributed by atoms with van der Waals surface area (Å²) in [6.45, 7) is 6.89. The fraction of sp³-hybridized carbons (Fsp3) is 0.682. The zero-order valence-electron chi connectivity index (χ0n) is 16.7. The van der Waals surface area contributed by atoms with Crippen LogP contribution in [0.4, 0.5) is 0 Å². The maximum Gasteiger partial charge on any atom is 0.222 e. The zero-order valence-corrected chi connectivity index (χ0v) is 18.4. The van der Waals surface area contributed by atoms with Crippen LogP contribution in [0.15, 0.2) is 30.3 Å². The Balaban J connectivity index is 0.00000140. The molecule has 3 heterocycles. The first-order valence-corrected chi connectivity index (χ1v) is 10.6. The molecule has 1 aromatic rings. The topological polar surface area (TPSA) is 35.6 Å². The van der Waals surface area contributed by atoms with Crippen molar-refractivity contribution in [1.82, 2.24) is 15.1 Å². The molecule has 0 unspecified atom stereocenters. The maximum atomic E-state index is 12.6. The van der Waals surface area contributed by atoms with Crippen molar-refractivity contribution >= 4 is 30.7 Å². The number of benzene rings is 1. The molecular weight excluding hydrogens is 393 g/mol. The van der Waals surface area contributed by atoms with E-state index in [0.29, 0.717) is 17.9 Å². The van der Waals surface area contributed by atoms with Crippen LogP contribution in [0, 0.1) is 11.8 Å². The van der Waals surface area contributed by atoms with Gasteiger partial charge in [-0.25, -0.2) is 0 Å². The second kappa shape index (κ2) is 11.4. The second-order valence-corrected chi connectivity index (χ2v) is 8.43. The number of hydrogen-bond acceptors (Lipinski definition) is 3. The third kappa shape index (κ3) is 5.85. The molecule has 6 heteroatoms. The van der Waals surface area contributed by atoms with E-state index in [4.69, 9.17) is 0 Å². The summed E-state index contributed by atoms with van der Waals surface area (Å²) in [6, 6.07) is 11.1. The van der Waals surface area contributed by atoms with Gasteiger partial charge in [-0.1, -0.05) is 30.3 Å². The Morgan fingerprint density at radius 1 is 1.00 bits per heavy atom. The first kappa shape index (κ1) is 23.5. The van der Waals surface area contributed by atoms with Crippen LogP contribution < -0.4 is 5.32 Å². The molecule has 0 spiro atoms. The summed E-state index contributed by atoms with van der Waals surface area (Å²) in [7, 11) is 0. The summed E-state index contributed by atoms with van der Waals surface area (Å²) in [4.78, 5) is 17.5. The predicted molar refractivity (Wildman–Crippen MR) is 120 cm³/mol. The number of rotatable bonds is 5. The minimum Gasteiger partial charge on any atom is -0.339 e. The summed E-state index contributed by atoms with van der Waals surface area (Å²) in [5, 5.41) is 3.47. The second-order valence-electron chi connectivity index (χ2n) is 8.43. The average Bonchev–Trinajstić information content (AvgIpc) is 2.69. The van der Waals surface area contributed by atoms with Crippen molar-refractivity contribution in [3.63, 3.8) is 0 Å². The quantitative estimate of drug-likeness (QED) is 0.781. The first-order valence-electron chi connectivity index (χ1n) is 10.6. The van der Waals surface area contributed by atoms with Crippen LogP contribution in [0.3, 0.4) is 0 Å². The molecule has 0 radical (unpaired) electrons. The van der Waals surface area contributed by atoms with Crippen molar-refractivity contribution in [2.45, 2.75) is 44.6 Å². The molecule has 28 heavy (non-hydrogen) atoms. The molecule has 0 aliphatic carbocycles. The molecule has 0 aromatic heterocycles. The van der Waals surface area contributed by atoms with Gasteiger partial charge in [-0.05, 0) is 62.6 Å². The van der Waals surface area contributed by atoms with Crippen molar-refractivity contribution in [3.8, 4) is 0 Å². The molecule has 4 rings (SSSR count). The van der Waals surface area contributed by atoms with Crippen molar-refractivity contribution in [3.05, 3.63) is 35.9 Å². The highest BCUT2D eigenvalue weighted by Crippen LogP contribution is 2.32. The Bertz CT molecular complexity index is 595. The van der Waals surface area contributed by atoms with Gasteiger partial charge in [0.25, 0.3) is 0 Å². The van der Waals surface area contributed by atoms with Crippen LogP contribution in [0.1, 0.15) is 37.7 Å². The largest absolute Gasteiger partial charge is 0.339 e. The molecule has 3 fully saturated rings. The monoisotopic (exact) mass is 427 g/mol. The van der Waals surface area contributed by atoms with Gasteiger partial charge in [0.05, 0.1) is 0 Å². The molecule has 1 N–H and O–H groups in total. The summed E-state index contributed by atoms with van der Waals surface area (Å²) in [6.07, 6.45) is 6.63. The highest BCUT2D eigenvalue weighted by Gasteiger charge is 2.39. The molecule has 2 atom stereocenters. The molecule has 3 aliphatic rings. The van der Waals surface area contributed by atoms with Crippen LogP contribution in [0.25, 0.3) is 0 Å². The summed E-state index contributed by atoms with van der Waals surface area (Å²) in [5.41, 5.74) is 1.34. The molecule has 4 nitrogen and oxygen atoms in total. The van der Waals surface area contributed by atoms with Crippen molar-refractivity contribution in [2.24, 2.45) is 11.8 Å². The highest BCUT2D eigenvalue weighted by atomic mass is 35.5. The molecule has 0 bridgehead atoms. The number of nitrogens with one attached hydrogen (secondary N) is 1. The summed E-state index contributed by atoms with van der Waals surface area (Å²) in [5.74, 6) is 1.93. The molecule has 0 saturated carbocycles. The Kier molecular flexibility index (Phi) is 9.55. The SMILES string of the molecule is Cl.Cl.O=C1CC[C@H]2CN(CC3CCNCC3)CC[C@H]2N1CCc1ccccc1. The number of piperidine rings is 3. The normalized spacial score (nSPS) is 26.1. The summed E-state index contributed by atoms with van der Waals surface area (Å²) < 4.78 is 0. The number of carbonyl (C=O) groups excluding carboxylic acids is 1. The van der Waals surface area contributed by atoms with Crippen molar-refractivity contribution in [1.29, 1.82) is 0 Å². The van der Waals surface area contributed by atoms with E-state index in [9.17, 15) is 4.79 Å². The Morgan fingerprint density at radius 3 is 2.50 bits per heavy atom. The third-order valence-corrected chi connectivity index (χ3v) is 6.69. The Labute approximate surface area is 182 Å². The fourth-order valence-electron chi connectivity index (χ4n) is 5.21. The van der Waals surface area contributed by atoms with Crippen molar-refractivity contribution < 1.29 is 4.79 Å². The van der Waals surface area contributed by atoms with Gasteiger partial charge in [0, 0.05) is 38.6 Å². The number of fused-ring (bicyclic) bond motifs is 1. The number of nitrogens with zero attached hydrogens (tertiary/aromatic N) is 2. The van der Waals surface area contributed by atoms with E-state index in [-0.39, 0.29) is 24.8 Å². The zero-order chi connectivity index (χ0) is 17.8. The predicted octanol–water partition coefficient (Wildman–Crippen LogP) is 3.39. The molecule has 3 aliphatic heterocycles. The van der Waals surface area contributed by atoms with E-state index in [1.807, 2.05) is 0 Å². The molecule has 1 aromatic carbocycles. The first-order chi connectivity index (χ1) is 12.8. The minimum absolute atomic E-state index is 0. The Hall–Kier alpha value is -0.810. The number of carbonyl (C=O) groups is 1. The average molecular weight is 428 g/mol. The maximum absolute atomic E-state index is 12.6. The van der Waals surface area contributed by atoms with E-state index in [2.05, 4.69) is 45.4 Å². The van der Waals surface area contributed by atoms with Gasteiger partial charge < -0.3 is 15.1 Å². The number of halogens is 2. The number of amides is 1. The lowest BCUT2D eigenvalue weighted by molar-refractivity contribution is -0.141. The van der Waals surface area contributed by atoms with Gasteiger partial charge in [-0.15, -0.1) is 24.8 Å². The lowest BCUT2D eigenvalue weighted by Crippen LogP contribution is -2.57. The van der Waals surface area contributed by atoms with E-state index < -0.39 is 0 Å². The van der Waals surface area contributed by atoms with E-state index in [1.54, 1.807) is 0 Å². The fourth-order valence-corrected chi connectivity index (χ4v) is 5.21. The number of likely N-dealkylation sites (tertiary alicyclic amines) is 2. The van der Waals surface area contributed by atoms with Gasteiger partial charge in [-0.2, -0.15) is 0 Å². The molecule has 1 amide bonds. The lowest BCUT2D eigenvalue weighted by Gasteiger charge is -2.48. The van der Waals surface area contributed by atoms with E-state index >= 15 is 0 Å². The van der Waals surface area contributed by atoms with Gasteiger partial charge in [-0.3, -0.25) is 4.79 Å². The number of hydrogen-bond donors (Lipinski definition) is 1. The van der Waals surface area contributed by atoms with Crippen LogP contribution >= 0.6 is 24.8 Å². The van der Waals surface area contributed by atoms with Crippen LogP contribution in [0.5, 0.6) is 0 Å². The van der Waals surface area contributed by atoms with Gasteiger partial charge in [0.15, 0.2) is 0 Å². The molecule has 158 valence electrons. The van der Waals surface area contributed by atoms with E-state index in [1.165, 1.54) is 51.1 Å².